The summed E-state index contributed by atoms with van der Waals surface area (Å²) in [7, 11) is 0. The van der Waals surface area contributed by atoms with Gasteiger partial charge in [-0.05, 0) is 37.6 Å². The Kier molecular flexibility index (Phi) is 4.14. The van der Waals surface area contributed by atoms with E-state index in [1.54, 1.807) is 6.92 Å². The van der Waals surface area contributed by atoms with Gasteiger partial charge in [0.25, 0.3) is 5.91 Å². The van der Waals surface area contributed by atoms with Crippen LogP contribution in [0.25, 0.3) is 0 Å². The molecule has 0 saturated heterocycles. The average molecular weight is 251 g/mol. The molecule has 0 saturated carbocycles. The molecule has 5 N–H and O–H groups in total. The van der Waals surface area contributed by atoms with E-state index in [0.717, 1.165) is 0 Å². The van der Waals surface area contributed by atoms with Crippen molar-refractivity contribution in [2.75, 3.05) is 0 Å². The van der Waals surface area contributed by atoms with Crippen LogP contribution in [-0.4, -0.2) is 27.6 Å². The second-order valence-electron chi connectivity index (χ2n) is 4.17. The van der Waals surface area contributed by atoms with Gasteiger partial charge in [0, 0.05) is 5.56 Å². The summed E-state index contributed by atoms with van der Waals surface area (Å²) in [6.45, 7) is 3.48. The molecule has 0 spiro atoms. The lowest BCUT2D eigenvalue weighted by Gasteiger charge is -2.28. The number of nitrogens with one attached hydrogen (secondary N) is 1. The quantitative estimate of drug-likeness (QED) is 0.277. The number of amidine groups is 1. The summed E-state index contributed by atoms with van der Waals surface area (Å²) >= 11 is 0. The molecule has 1 unspecified atom stereocenters. The number of nitrogens with two attached hydrogens (primary N) is 1. The third kappa shape index (κ3) is 2.91. The van der Waals surface area contributed by atoms with E-state index in [4.69, 9.17) is 16.0 Å². The summed E-state index contributed by atoms with van der Waals surface area (Å²) in [5, 5.41) is 23.5. The number of benzene rings is 1. The highest BCUT2D eigenvalue weighted by molar-refractivity contribution is 6.00. The van der Waals surface area contributed by atoms with E-state index in [1.165, 1.54) is 24.3 Å². The molecular formula is C12H17N3O3. The first-order valence-electron chi connectivity index (χ1n) is 5.52. The lowest BCUT2D eigenvalue weighted by Crippen LogP contribution is -2.55. The molecule has 0 bridgehead atoms. The van der Waals surface area contributed by atoms with Gasteiger partial charge in [0.05, 0.1) is 5.54 Å². The molecule has 0 aliphatic carbocycles. The minimum absolute atomic E-state index is 0.0582. The fourth-order valence-corrected chi connectivity index (χ4v) is 1.38. The SMILES string of the molecule is CCC(C)(NC(=O)c1ccc(O)cc1)/C(N)=N/O. The zero-order valence-corrected chi connectivity index (χ0v) is 10.3. The lowest BCUT2D eigenvalue weighted by atomic mass is 9.97. The van der Waals surface area contributed by atoms with Crippen molar-refractivity contribution in [1.82, 2.24) is 5.32 Å². The number of phenols is 1. The number of amides is 1. The first-order chi connectivity index (χ1) is 8.42. The van der Waals surface area contributed by atoms with Crippen LogP contribution in [-0.2, 0) is 0 Å². The molecule has 1 rings (SSSR count). The highest BCUT2D eigenvalue weighted by Gasteiger charge is 2.29. The van der Waals surface area contributed by atoms with Gasteiger partial charge in [0.15, 0.2) is 5.84 Å². The molecule has 1 atom stereocenters. The van der Waals surface area contributed by atoms with E-state index in [-0.39, 0.29) is 17.5 Å². The van der Waals surface area contributed by atoms with Crippen LogP contribution in [0.5, 0.6) is 5.75 Å². The van der Waals surface area contributed by atoms with Crippen LogP contribution in [0.4, 0.5) is 0 Å². The number of rotatable bonds is 4. The minimum Gasteiger partial charge on any atom is -0.508 e. The van der Waals surface area contributed by atoms with E-state index >= 15 is 0 Å². The van der Waals surface area contributed by atoms with Crippen molar-refractivity contribution < 1.29 is 15.1 Å². The van der Waals surface area contributed by atoms with Gasteiger partial charge in [-0.15, -0.1) is 0 Å². The first kappa shape index (κ1) is 13.8. The maximum Gasteiger partial charge on any atom is 0.252 e. The third-order valence-corrected chi connectivity index (χ3v) is 2.90. The van der Waals surface area contributed by atoms with Gasteiger partial charge in [-0.25, -0.2) is 0 Å². The largest absolute Gasteiger partial charge is 0.508 e. The van der Waals surface area contributed by atoms with Gasteiger partial charge < -0.3 is 21.4 Å². The maximum absolute atomic E-state index is 12.0. The van der Waals surface area contributed by atoms with Crippen molar-refractivity contribution in [2.45, 2.75) is 25.8 Å². The molecule has 0 aliphatic rings. The van der Waals surface area contributed by atoms with Crippen LogP contribution in [0.1, 0.15) is 30.6 Å². The van der Waals surface area contributed by atoms with Crippen LogP contribution in [0, 0.1) is 0 Å². The van der Waals surface area contributed by atoms with Gasteiger partial charge in [-0.2, -0.15) is 0 Å². The molecule has 0 fully saturated rings. The number of nitrogens with zero attached hydrogens (tertiary/aromatic N) is 1. The Bertz CT molecular complexity index is 456. The molecule has 0 radical (unpaired) electrons. The van der Waals surface area contributed by atoms with Gasteiger partial charge in [0.2, 0.25) is 0 Å². The number of phenolic OH excluding ortho intramolecular Hbond substituents is 1. The van der Waals surface area contributed by atoms with Crippen LogP contribution < -0.4 is 11.1 Å². The summed E-state index contributed by atoms with van der Waals surface area (Å²) in [6.07, 6.45) is 0.479. The number of hydrogen-bond donors (Lipinski definition) is 4. The maximum atomic E-state index is 12.0. The zero-order chi connectivity index (χ0) is 13.8. The Labute approximate surface area is 105 Å². The van der Waals surface area contributed by atoms with E-state index in [9.17, 15) is 4.79 Å². The van der Waals surface area contributed by atoms with Crippen molar-refractivity contribution >= 4 is 11.7 Å². The summed E-state index contributed by atoms with van der Waals surface area (Å²) in [5.74, 6) is -0.329. The van der Waals surface area contributed by atoms with E-state index in [2.05, 4.69) is 10.5 Å². The minimum atomic E-state index is -0.913. The molecular weight excluding hydrogens is 234 g/mol. The summed E-state index contributed by atoms with van der Waals surface area (Å²) in [5.41, 5.74) is 5.03. The van der Waals surface area contributed by atoms with Crippen LogP contribution >= 0.6 is 0 Å². The Morgan fingerprint density at radius 3 is 2.44 bits per heavy atom. The molecule has 1 amide bonds. The molecule has 98 valence electrons. The second-order valence-corrected chi connectivity index (χ2v) is 4.17. The van der Waals surface area contributed by atoms with Gasteiger partial charge in [-0.3, -0.25) is 4.79 Å². The Hall–Kier alpha value is -2.24. The summed E-state index contributed by atoms with van der Waals surface area (Å²) < 4.78 is 0. The van der Waals surface area contributed by atoms with Crippen LogP contribution in [0.3, 0.4) is 0 Å². The highest BCUT2D eigenvalue weighted by Crippen LogP contribution is 2.13. The monoisotopic (exact) mass is 251 g/mol. The molecule has 6 nitrogen and oxygen atoms in total. The molecule has 6 heteroatoms. The molecule has 0 aliphatic heterocycles. The fraction of sp³-hybridized carbons (Fsp3) is 0.333. The number of hydrogen-bond acceptors (Lipinski definition) is 4. The molecule has 0 aromatic heterocycles. The smallest absolute Gasteiger partial charge is 0.252 e. The molecule has 1 aromatic carbocycles. The third-order valence-electron chi connectivity index (χ3n) is 2.90. The highest BCUT2D eigenvalue weighted by atomic mass is 16.4. The Morgan fingerprint density at radius 1 is 1.44 bits per heavy atom. The topological polar surface area (TPSA) is 108 Å². The standard InChI is InChI=1S/C12H17N3O3/c1-3-12(2,11(13)15-18)14-10(17)8-4-6-9(16)7-5-8/h4-7,16,18H,3H2,1-2H3,(H2,13,15)(H,14,17). The number of aromatic hydroxyl groups is 1. The second kappa shape index (κ2) is 5.39. The number of carbonyl (C=O) groups excluding carboxylic acids is 1. The van der Waals surface area contributed by atoms with Crippen LogP contribution in [0.15, 0.2) is 29.4 Å². The predicted octanol–water partition coefficient (Wildman–Crippen LogP) is 1.04. The number of carbonyl (C=O) groups is 1. The van der Waals surface area contributed by atoms with Gasteiger partial charge in [-0.1, -0.05) is 12.1 Å². The van der Waals surface area contributed by atoms with E-state index in [0.29, 0.717) is 12.0 Å². The Morgan fingerprint density at radius 2 is 2.00 bits per heavy atom. The first-order valence-corrected chi connectivity index (χ1v) is 5.52. The normalized spacial score (nSPS) is 14.9. The predicted molar refractivity (Wildman–Crippen MR) is 67.7 cm³/mol. The molecule has 0 heterocycles. The summed E-state index contributed by atoms with van der Waals surface area (Å²) in [4.78, 5) is 12.0. The van der Waals surface area contributed by atoms with Crippen molar-refractivity contribution in [3.8, 4) is 5.75 Å². The van der Waals surface area contributed by atoms with Crippen molar-refractivity contribution in [1.29, 1.82) is 0 Å². The van der Waals surface area contributed by atoms with Gasteiger partial charge >= 0.3 is 0 Å². The number of oxime groups is 1. The van der Waals surface area contributed by atoms with E-state index < -0.39 is 5.54 Å². The van der Waals surface area contributed by atoms with Crippen molar-refractivity contribution in [2.24, 2.45) is 10.9 Å². The van der Waals surface area contributed by atoms with Gasteiger partial charge in [0.1, 0.15) is 5.75 Å². The Balaban J connectivity index is 2.89. The lowest BCUT2D eigenvalue weighted by molar-refractivity contribution is 0.0925. The van der Waals surface area contributed by atoms with Crippen molar-refractivity contribution in [3.63, 3.8) is 0 Å². The molecule has 18 heavy (non-hydrogen) atoms. The van der Waals surface area contributed by atoms with Crippen LogP contribution in [0.2, 0.25) is 0 Å². The average Bonchev–Trinajstić information content (AvgIpc) is 2.38. The molecule has 1 aromatic rings. The van der Waals surface area contributed by atoms with Crippen molar-refractivity contribution in [3.05, 3.63) is 29.8 Å². The van der Waals surface area contributed by atoms with E-state index in [1.807, 2.05) is 6.92 Å². The zero-order valence-electron chi connectivity index (χ0n) is 10.3. The summed E-state index contributed by atoms with van der Waals surface area (Å²) in [6, 6.07) is 5.82. The fourth-order valence-electron chi connectivity index (χ4n) is 1.38.